The van der Waals surface area contributed by atoms with Gasteiger partial charge in [-0.15, -0.1) is 5.92 Å². The van der Waals surface area contributed by atoms with Crippen molar-refractivity contribution >= 4 is 11.9 Å². The van der Waals surface area contributed by atoms with E-state index in [0.717, 1.165) is 11.1 Å². The van der Waals surface area contributed by atoms with Crippen LogP contribution in [0.3, 0.4) is 0 Å². The summed E-state index contributed by atoms with van der Waals surface area (Å²) in [6, 6.07) is 9.86. The maximum Gasteiger partial charge on any atom is 0.311 e. The molecule has 1 aliphatic rings. The lowest BCUT2D eigenvalue weighted by atomic mass is 9.83. The number of hydrogen-bond acceptors (Lipinski definition) is 6. The summed E-state index contributed by atoms with van der Waals surface area (Å²) in [7, 11) is 1.22. The van der Waals surface area contributed by atoms with Crippen molar-refractivity contribution in [2.24, 2.45) is 5.73 Å². The molecule has 3 rings (SSSR count). The topological polar surface area (TPSA) is 114 Å². The number of rotatable bonds is 7. The Kier molecular flexibility index (Phi) is 7.47. The molecule has 1 amide bonds. The van der Waals surface area contributed by atoms with E-state index in [0.29, 0.717) is 19.5 Å². The summed E-state index contributed by atoms with van der Waals surface area (Å²) in [5.41, 5.74) is 6.26. The number of carbonyl (C=O) groups excluding carboxylic acids is 2. The molecule has 1 aromatic carbocycles. The van der Waals surface area contributed by atoms with Crippen molar-refractivity contribution in [3.8, 4) is 17.9 Å². The van der Waals surface area contributed by atoms with E-state index in [1.807, 2.05) is 29.2 Å². The maximum atomic E-state index is 15.7. The molecule has 1 fully saturated rings. The first kappa shape index (κ1) is 24.0. The average Bonchev–Trinajstić information content (AvgIpc) is 3.22. The van der Waals surface area contributed by atoms with Crippen molar-refractivity contribution in [3.05, 3.63) is 52.8 Å². The summed E-state index contributed by atoms with van der Waals surface area (Å²) < 4.78 is 21.6. The monoisotopic (exact) mass is 451 g/mol. The van der Waals surface area contributed by atoms with E-state index < -0.39 is 23.6 Å². The Bertz CT molecular complexity index is 1130. The van der Waals surface area contributed by atoms with Crippen LogP contribution in [-0.4, -0.2) is 52.9 Å². The van der Waals surface area contributed by atoms with E-state index in [4.69, 9.17) is 5.73 Å². The highest BCUT2D eigenvalue weighted by Crippen LogP contribution is 2.36. The Balaban J connectivity index is 1.83. The van der Waals surface area contributed by atoms with E-state index in [1.54, 1.807) is 6.92 Å². The molecule has 172 valence electrons. The zero-order valence-corrected chi connectivity index (χ0v) is 18.7. The maximum absolute atomic E-state index is 15.7. The summed E-state index contributed by atoms with van der Waals surface area (Å²) in [5, 5.41) is 13.8. The number of primary amides is 1. The van der Waals surface area contributed by atoms with Crippen LogP contribution in [0, 0.1) is 23.2 Å². The molecule has 0 bridgehead atoms. The lowest BCUT2D eigenvalue weighted by Gasteiger charge is -2.43. The number of hydrogen-bond donors (Lipinski definition) is 1. The Morgan fingerprint density at radius 3 is 2.67 bits per heavy atom. The molecule has 0 radical (unpaired) electrons. The molecular weight excluding hydrogens is 425 g/mol. The number of halogens is 1. The molecule has 2 unspecified atom stereocenters. The number of nitriles is 1. The van der Waals surface area contributed by atoms with Crippen LogP contribution in [0.2, 0.25) is 0 Å². The number of aromatic nitrogens is 2. The Morgan fingerprint density at radius 2 is 2.09 bits per heavy atom. The summed E-state index contributed by atoms with van der Waals surface area (Å²) in [5.74, 6) is 4.47. The van der Waals surface area contributed by atoms with Gasteiger partial charge in [-0.1, -0.05) is 18.1 Å². The summed E-state index contributed by atoms with van der Waals surface area (Å²) >= 11 is 0. The normalized spacial score (nSPS) is 20.4. The van der Waals surface area contributed by atoms with Gasteiger partial charge in [-0.2, -0.15) is 10.4 Å². The quantitative estimate of drug-likeness (QED) is 0.508. The second-order valence-electron chi connectivity index (χ2n) is 8.01. The highest BCUT2D eigenvalue weighted by molar-refractivity contribution is 5.94. The van der Waals surface area contributed by atoms with Crippen LogP contribution in [0.15, 0.2) is 30.5 Å². The Morgan fingerprint density at radius 1 is 1.36 bits per heavy atom. The smallest absolute Gasteiger partial charge is 0.311 e. The van der Waals surface area contributed by atoms with Crippen LogP contribution in [-0.2, 0) is 28.0 Å². The fraction of sp³-hybridized carbons (Fsp3) is 0.417. The van der Waals surface area contributed by atoms with Crippen LogP contribution < -0.4 is 5.73 Å². The summed E-state index contributed by atoms with van der Waals surface area (Å²) in [4.78, 5) is 25.6. The molecule has 0 aliphatic carbocycles. The number of nitrogens with zero attached hydrogens (tertiary/aromatic N) is 4. The number of carbonyl (C=O) groups is 2. The summed E-state index contributed by atoms with van der Waals surface area (Å²) in [6.45, 7) is 2.95. The molecule has 2 atom stereocenters. The van der Waals surface area contributed by atoms with Crippen LogP contribution in [0.1, 0.15) is 46.9 Å². The number of likely N-dealkylation sites (tertiary alicyclic amines) is 1. The van der Waals surface area contributed by atoms with Gasteiger partial charge in [0.25, 0.3) is 5.91 Å². The minimum absolute atomic E-state index is 0.0163. The minimum Gasteiger partial charge on any atom is -0.469 e. The molecule has 1 aliphatic heterocycles. The largest absolute Gasteiger partial charge is 0.469 e. The molecule has 0 saturated carbocycles. The molecule has 2 N–H and O–H groups in total. The summed E-state index contributed by atoms with van der Waals surface area (Å²) in [6.07, 6.45) is -0.190. The zero-order chi connectivity index (χ0) is 24.0. The van der Waals surface area contributed by atoms with E-state index in [9.17, 15) is 14.9 Å². The molecule has 8 nitrogen and oxygen atoms in total. The zero-order valence-electron chi connectivity index (χ0n) is 18.7. The fourth-order valence-corrected chi connectivity index (χ4v) is 4.09. The number of alkyl halides is 1. The van der Waals surface area contributed by atoms with Crippen molar-refractivity contribution in [1.29, 1.82) is 5.26 Å². The number of amides is 1. The highest BCUT2D eigenvalue weighted by Gasteiger charge is 2.46. The van der Waals surface area contributed by atoms with Crippen molar-refractivity contribution in [2.75, 3.05) is 20.2 Å². The van der Waals surface area contributed by atoms with Gasteiger partial charge < -0.3 is 10.5 Å². The molecule has 9 heteroatoms. The second-order valence-corrected chi connectivity index (χ2v) is 8.01. The standard InChI is InChI=1S/C24H26FN5O3/c1-3-4-17-5-7-18(8-6-17)14-29-12-10-24(9-11-26,21(25)16-29)30-15-19(23(27)32)20(28-30)13-22(31)33-2/h5-8,15,21H,9-10,12-14,16H2,1-2H3,(H2,27,32). The molecule has 33 heavy (non-hydrogen) atoms. The van der Waals surface area contributed by atoms with Gasteiger partial charge in [0.15, 0.2) is 0 Å². The number of nitrogens with two attached hydrogens (primary N) is 1. The van der Waals surface area contributed by atoms with Crippen LogP contribution in [0.5, 0.6) is 0 Å². The lowest BCUT2D eigenvalue weighted by molar-refractivity contribution is -0.139. The first-order chi connectivity index (χ1) is 15.8. The van der Waals surface area contributed by atoms with E-state index in [-0.39, 0.29) is 30.6 Å². The first-order valence-corrected chi connectivity index (χ1v) is 10.5. The van der Waals surface area contributed by atoms with Crippen LogP contribution in [0.4, 0.5) is 4.39 Å². The first-order valence-electron chi connectivity index (χ1n) is 10.5. The average molecular weight is 452 g/mol. The predicted molar refractivity (Wildman–Crippen MR) is 118 cm³/mol. The van der Waals surface area contributed by atoms with Gasteiger partial charge in [-0.05, 0) is 31.0 Å². The van der Waals surface area contributed by atoms with Crippen molar-refractivity contribution in [3.63, 3.8) is 0 Å². The number of benzene rings is 1. The fourth-order valence-electron chi connectivity index (χ4n) is 4.09. The molecular formula is C24H26FN5O3. The molecule has 1 saturated heterocycles. The molecule has 2 aromatic rings. The number of methoxy groups -OCH3 is 1. The van der Waals surface area contributed by atoms with Gasteiger partial charge in [0.05, 0.1) is 37.3 Å². The van der Waals surface area contributed by atoms with Crippen molar-refractivity contribution < 1.29 is 18.7 Å². The third-order valence-corrected chi connectivity index (χ3v) is 5.93. The minimum atomic E-state index is -1.43. The van der Waals surface area contributed by atoms with Crippen LogP contribution in [0.25, 0.3) is 0 Å². The van der Waals surface area contributed by atoms with E-state index in [2.05, 4.69) is 27.7 Å². The Labute approximate surface area is 192 Å². The molecule has 0 spiro atoms. The van der Waals surface area contributed by atoms with E-state index >= 15 is 4.39 Å². The van der Waals surface area contributed by atoms with Gasteiger partial charge >= 0.3 is 5.97 Å². The lowest BCUT2D eigenvalue weighted by Crippen LogP contribution is -2.54. The van der Waals surface area contributed by atoms with Crippen molar-refractivity contribution in [2.45, 2.75) is 44.4 Å². The number of esters is 1. The SMILES string of the molecule is CC#Cc1ccc(CN2CCC(CC#N)(n3cc(C(N)=O)c(CC(=O)OC)n3)C(F)C2)cc1. The predicted octanol–water partition coefficient (Wildman–Crippen LogP) is 1.92. The van der Waals surface area contributed by atoms with Gasteiger partial charge in [-0.25, -0.2) is 4.39 Å². The second kappa shape index (κ2) is 10.3. The van der Waals surface area contributed by atoms with Crippen molar-refractivity contribution in [1.82, 2.24) is 14.7 Å². The third kappa shape index (κ3) is 5.21. The van der Waals surface area contributed by atoms with Gasteiger partial charge in [0.1, 0.15) is 11.7 Å². The van der Waals surface area contributed by atoms with Gasteiger partial charge in [0, 0.05) is 31.4 Å². The molecule has 1 aromatic heterocycles. The van der Waals surface area contributed by atoms with Gasteiger partial charge in [-0.3, -0.25) is 19.2 Å². The van der Waals surface area contributed by atoms with Crippen LogP contribution >= 0.6 is 0 Å². The third-order valence-electron chi connectivity index (χ3n) is 5.93. The van der Waals surface area contributed by atoms with E-state index in [1.165, 1.54) is 18.0 Å². The number of ether oxygens (including phenoxy) is 1. The molecule has 2 heterocycles. The Hall–Kier alpha value is -3.69. The highest BCUT2D eigenvalue weighted by atomic mass is 19.1. The number of piperidine rings is 1. The van der Waals surface area contributed by atoms with Gasteiger partial charge in [0.2, 0.25) is 0 Å².